The Hall–Kier alpha value is -5.43. The Kier molecular flexibility index (Phi) is 31.1. The summed E-state index contributed by atoms with van der Waals surface area (Å²) in [5, 5.41) is 6.76. The summed E-state index contributed by atoms with van der Waals surface area (Å²) in [5.41, 5.74) is 9.70. The van der Waals surface area contributed by atoms with Crippen molar-refractivity contribution in [3.63, 3.8) is 0 Å². The number of pyridine rings is 3. The lowest BCUT2D eigenvalue weighted by Crippen LogP contribution is -2.33. The molecule has 0 bridgehead atoms. The smallest absolute Gasteiger partial charge is 0.198 e. The van der Waals surface area contributed by atoms with Crippen molar-refractivity contribution in [1.82, 2.24) is 0 Å². The van der Waals surface area contributed by atoms with E-state index in [0.29, 0.717) is 0 Å². The van der Waals surface area contributed by atoms with E-state index in [0.717, 1.165) is 146 Å². The van der Waals surface area contributed by atoms with Crippen molar-refractivity contribution in [3.05, 3.63) is 198 Å². The van der Waals surface area contributed by atoms with E-state index in [1.165, 1.54) is 32.7 Å². The second-order valence-corrected chi connectivity index (χ2v) is 20.3. The highest BCUT2D eigenvalue weighted by Crippen LogP contribution is 2.14. The van der Waals surface area contributed by atoms with Crippen LogP contribution in [0.25, 0.3) is 32.7 Å². The van der Waals surface area contributed by atoms with Gasteiger partial charge in [0.25, 0.3) is 0 Å². The Bertz CT molecular complexity index is 3160. The maximum atomic E-state index is 3.43. The first-order chi connectivity index (χ1) is 38.1. The molecule has 0 amide bonds. The Morgan fingerprint density at radius 2 is 0.513 bits per heavy atom. The van der Waals surface area contributed by atoms with Crippen LogP contribution in [0.15, 0.2) is 164 Å². The minimum Gasteiger partial charge on any atom is -0.198 e. The van der Waals surface area contributed by atoms with E-state index < -0.39 is 0 Å². The zero-order valence-corrected chi connectivity index (χ0v) is 53.6. The summed E-state index contributed by atoms with van der Waals surface area (Å²) in [6, 6.07) is 51.0. The molecule has 0 aliphatic heterocycles. The zero-order chi connectivity index (χ0) is 54.0. The van der Waals surface area contributed by atoms with Gasteiger partial charge in [0.15, 0.2) is 18.6 Å². The minimum atomic E-state index is 0. The quantitative estimate of drug-likeness (QED) is 0.0420. The standard InChI is InChI=1S/C48H42N3.C21H21Br3.Br2.BrH/c1(13-31-49-34-16-25-43-22-7-10-28-46(43)49)4-19-40-37-41(20-5-2-14-32-50-35-17-26-44-23-8-11-29-47(44)50)39-42(38-40)21-6-3-15-33-51-36-18-27-45-24-9-12-30-48(45)51;22-13-7-1-4-10-19-16-20(11-5-2-8-14-23)18-21(17-19)12-6-3-9-15-24;1-2;/h7-12,16-18,22-30,34-39H,1-3,13-15,31-33H2;16-18H,1-3,7-9,13-15H2;;1H/q+3;;;. The lowest BCUT2D eigenvalue weighted by atomic mass is 10.1. The maximum Gasteiger partial charge on any atom is 0.212 e. The van der Waals surface area contributed by atoms with Gasteiger partial charge in [0, 0.05) is 188 Å². The fourth-order valence-corrected chi connectivity index (χ4v) is 9.24. The Balaban J connectivity index is 0.000000351. The molecule has 0 atom stereocenters. The van der Waals surface area contributed by atoms with Crippen molar-refractivity contribution in [2.75, 3.05) is 16.0 Å². The van der Waals surface area contributed by atoms with E-state index in [1.54, 1.807) is 0 Å². The summed E-state index contributed by atoms with van der Waals surface area (Å²) in [4.78, 5) is 0. The first kappa shape index (κ1) is 63.4. The summed E-state index contributed by atoms with van der Waals surface area (Å²) < 4.78 is 6.95. The van der Waals surface area contributed by atoms with Gasteiger partial charge in [-0.2, -0.15) is 13.7 Å². The van der Waals surface area contributed by atoms with Crippen LogP contribution in [0, 0.1) is 71.0 Å². The third-order valence-corrected chi connectivity index (χ3v) is 13.7. The van der Waals surface area contributed by atoms with E-state index in [1.807, 2.05) is 0 Å². The molecule has 0 fully saturated rings. The molecule has 3 heterocycles. The number of hydrogen-bond acceptors (Lipinski definition) is 0. The number of fused-ring (bicyclic) bond motifs is 3. The van der Waals surface area contributed by atoms with Crippen LogP contribution in [0.4, 0.5) is 0 Å². The normalized spacial score (nSPS) is 9.81. The zero-order valence-electron chi connectivity index (χ0n) is 44.0. The Morgan fingerprint density at radius 3 is 0.756 bits per heavy atom. The molecule has 0 saturated carbocycles. The molecule has 3 nitrogen and oxygen atoms in total. The van der Waals surface area contributed by atoms with Crippen LogP contribution in [0.1, 0.15) is 110 Å². The fraction of sp³-hybridized carbons (Fsp3) is 0.261. The summed E-state index contributed by atoms with van der Waals surface area (Å²) in [6.07, 6.45) is 17.8. The van der Waals surface area contributed by atoms with Gasteiger partial charge in [0.1, 0.15) is 19.6 Å². The molecule has 5 aromatic carbocycles. The lowest BCUT2D eigenvalue weighted by molar-refractivity contribution is -0.671. The van der Waals surface area contributed by atoms with Crippen LogP contribution >= 0.6 is 93.0 Å². The number of benzene rings is 5. The molecule has 78 heavy (non-hydrogen) atoms. The molecular formula is C69H64Br6N3+3. The van der Waals surface area contributed by atoms with Gasteiger partial charge in [-0.05, 0) is 92.1 Å². The largest absolute Gasteiger partial charge is 0.212 e. The van der Waals surface area contributed by atoms with Crippen LogP contribution < -0.4 is 13.7 Å². The monoisotopic (exact) mass is 1410 g/mol. The van der Waals surface area contributed by atoms with Crippen molar-refractivity contribution in [3.8, 4) is 71.0 Å². The average Bonchev–Trinajstić information content (AvgIpc) is 3.48. The van der Waals surface area contributed by atoms with Gasteiger partial charge in [0.05, 0.1) is 0 Å². The number of aromatic nitrogens is 3. The van der Waals surface area contributed by atoms with Gasteiger partial charge in [0.2, 0.25) is 16.6 Å². The molecule has 394 valence electrons. The second-order valence-electron chi connectivity index (χ2n) is 17.9. The van der Waals surface area contributed by atoms with Gasteiger partial charge >= 0.3 is 0 Å². The topological polar surface area (TPSA) is 11.6 Å². The highest BCUT2D eigenvalue weighted by atomic mass is 80.9. The van der Waals surface area contributed by atoms with Crippen molar-refractivity contribution in [2.24, 2.45) is 0 Å². The maximum absolute atomic E-state index is 3.43. The highest BCUT2D eigenvalue weighted by Gasteiger charge is 2.09. The van der Waals surface area contributed by atoms with Crippen LogP contribution in [0.2, 0.25) is 0 Å². The number of hydrogen-bond donors (Lipinski definition) is 0. The van der Waals surface area contributed by atoms with Crippen molar-refractivity contribution < 1.29 is 13.7 Å². The van der Waals surface area contributed by atoms with Gasteiger partial charge in [-0.1, -0.05) is 155 Å². The van der Waals surface area contributed by atoms with Gasteiger partial charge in [-0.25, -0.2) is 0 Å². The molecule has 0 aliphatic rings. The van der Waals surface area contributed by atoms with E-state index in [2.05, 4.69) is 325 Å². The van der Waals surface area contributed by atoms with Crippen LogP contribution in [0.3, 0.4) is 0 Å². The predicted octanol–water partition coefficient (Wildman–Crippen LogP) is 17.0. The molecule has 8 rings (SSSR count). The Labute approximate surface area is 515 Å². The van der Waals surface area contributed by atoms with Crippen molar-refractivity contribution in [2.45, 2.75) is 96.7 Å². The molecule has 8 aromatic rings. The van der Waals surface area contributed by atoms with Crippen molar-refractivity contribution in [1.29, 1.82) is 0 Å². The van der Waals surface area contributed by atoms with Crippen molar-refractivity contribution >= 4 is 126 Å². The lowest BCUT2D eigenvalue weighted by Gasteiger charge is -2.00. The number of para-hydroxylation sites is 3. The number of aryl methyl sites for hydroxylation is 3. The number of unbranched alkanes of at least 4 members (excludes halogenated alkanes) is 6. The van der Waals surface area contributed by atoms with Crippen LogP contribution in [-0.4, -0.2) is 16.0 Å². The second kappa shape index (κ2) is 38.2. The van der Waals surface area contributed by atoms with E-state index in [9.17, 15) is 0 Å². The molecule has 3 aromatic heterocycles. The van der Waals surface area contributed by atoms with Crippen LogP contribution in [0.5, 0.6) is 0 Å². The predicted molar refractivity (Wildman–Crippen MR) is 352 cm³/mol. The summed E-state index contributed by atoms with van der Waals surface area (Å²) in [6.45, 7) is 2.81. The molecule has 0 radical (unpaired) electrons. The third kappa shape index (κ3) is 22.4. The fourth-order valence-electron chi connectivity index (χ4n) is 8.40. The minimum absolute atomic E-state index is 0. The van der Waals surface area contributed by atoms with E-state index >= 15 is 0 Å². The Morgan fingerprint density at radius 1 is 0.295 bits per heavy atom. The summed E-state index contributed by atoms with van der Waals surface area (Å²) in [5.74, 6) is 40.0. The first-order valence-corrected chi connectivity index (χ1v) is 33.4. The molecule has 9 heteroatoms. The highest BCUT2D eigenvalue weighted by molar-refractivity contribution is 9.93. The molecule has 0 unspecified atom stereocenters. The molecule has 0 spiro atoms. The summed E-state index contributed by atoms with van der Waals surface area (Å²) in [7, 11) is 0. The van der Waals surface area contributed by atoms with Gasteiger partial charge < -0.3 is 0 Å². The van der Waals surface area contributed by atoms with E-state index in [4.69, 9.17) is 0 Å². The molecule has 0 aliphatic carbocycles. The number of rotatable bonds is 15. The van der Waals surface area contributed by atoms with Gasteiger partial charge in [-0.3, -0.25) is 0 Å². The molecular weight excluding hydrogens is 1350 g/mol. The van der Waals surface area contributed by atoms with Gasteiger partial charge in [-0.15, -0.1) is 17.0 Å². The average molecular weight is 1410 g/mol. The SMILES string of the molecule is Br.BrBr.BrCCCC#Cc1cc(C#CCCCBr)cc(C#CCCCBr)c1.C(#Cc1cc(C#CCCC[n+]2cccc3ccccc32)cc(C#CCCC[n+]2cccc3ccccc32)c1)CCC[n+]1cccc2ccccc21. The van der Waals surface area contributed by atoms with E-state index in [-0.39, 0.29) is 17.0 Å². The molecule has 0 saturated heterocycles. The number of halogens is 6. The summed E-state index contributed by atoms with van der Waals surface area (Å²) >= 11 is 15.8. The van der Waals surface area contributed by atoms with Crippen LogP contribution in [-0.2, 0) is 19.6 Å². The third-order valence-electron chi connectivity index (χ3n) is 12.0. The number of alkyl halides is 3. The number of nitrogens with zero attached hydrogens (tertiary/aromatic N) is 3. The first-order valence-electron chi connectivity index (χ1n) is 26.3. The molecule has 0 N–H and O–H groups in total.